The zero-order chi connectivity index (χ0) is 14.0. The number of carboxylic acid groups (broad SMARTS) is 1. The average molecular weight is 257 g/mol. The summed E-state index contributed by atoms with van der Waals surface area (Å²) in [6, 6.07) is 0. The van der Waals surface area contributed by atoms with Crippen LogP contribution in [0.15, 0.2) is 12.7 Å². The van der Waals surface area contributed by atoms with Crippen LogP contribution in [0.2, 0.25) is 0 Å². The van der Waals surface area contributed by atoms with Crippen LogP contribution in [-0.2, 0) is 14.3 Å². The molecule has 0 rings (SSSR count). The number of hydrogen-bond donors (Lipinski definition) is 1. The van der Waals surface area contributed by atoms with E-state index in [0.717, 1.165) is 6.42 Å². The number of rotatable bonds is 10. The first kappa shape index (κ1) is 16.6. The molecule has 0 saturated heterocycles. The van der Waals surface area contributed by atoms with Crippen LogP contribution < -0.4 is 0 Å². The average Bonchev–Trinajstić information content (AvgIpc) is 2.28. The van der Waals surface area contributed by atoms with Crippen LogP contribution in [0.5, 0.6) is 0 Å². The molecule has 18 heavy (non-hydrogen) atoms. The summed E-state index contributed by atoms with van der Waals surface area (Å²) < 4.78 is 5.13. The fraction of sp³-hybridized carbons (Fsp3) is 0.692. The van der Waals surface area contributed by atoms with Gasteiger partial charge in [0.15, 0.2) is 0 Å². The Morgan fingerprint density at radius 1 is 1.50 bits per heavy atom. The van der Waals surface area contributed by atoms with Gasteiger partial charge in [0.1, 0.15) is 0 Å². The Morgan fingerprint density at radius 3 is 2.67 bits per heavy atom. The molecule has 0 aromatic heterocycles. The highest BCUT2D eigenvalue weighted by Gasteiger charge is 2.11. The van der Waals surface area contributed by atoms with Crippen molar-refractivity contribution >= 4 is 11.9 Å². The van der Waals surface area contributed by atoms with Crippen molar-refractivity contribution in [2.75, 3.05) is 19.6 Å². The largest absolute Gasteiger partial charge is 0.480 e. The van der Waals surface area contributed by atoms with Gasteiger partial charge >= 0.3 is 11.9 Å². The highest BCUT2D eigenvalue weighted by atomic mass is 16.5. The van der Waals surface area contributed by atoms with Gasteiger partial charge in [0.2, 0.25) is 0 Å². The third-order valence-corrected chi connectivity index (χ3v) is 2.51. The Labute approximate surface area is 108 Å². The van der Waals surface area contributed by atoms with Crippen LogP contribution in [0.3, 0.4) is 0 Å². The molecule has 0 spiro atoms. The summed E-state index contributed by atoms with van der Waals surface area (Å²) in [6.45, 7) is 8.40. The Morgan fingerprint density at radius 2 is 2.17 bits per heavy atom. The molecule has 5 heteroatoms. The third kappa shape index (κ3) is 8.75. The van der Waals surface area contributed by atoms with E-state index in [1.165, 1.54) is 0 Å². The Balaban J connectivity index is 3.87. The van der Waals surface area contributed by atoms with Crippen LogP contribution in [-0.4, -0.2) is 47.7 Å². The van der Waals surface area contributed by atoms with Crippen LogP contribution in [0.4, 0.5) is 0 Å². The lowest BCUT2D eigenvalue weighted by molar-refractivity contribution is -0.148. The third-order valence-electron chi connectivity index (χ3n) is 2.51. The zero-order valence-electron chi connectivity index (χ0n) is 11.2. The summed E-state index contributed by atoms with van der Waals surface area (Å²) in [5.74, 6) is -1.10. The molecule has 1 atom stereocenters. The van der Waals surface area contributed by atoms with Crippen LogP contribution in [0.1, 0.15) is 33.1 Å². The van der Waals surface area contributed by atoms with E-state index >= 15 is 0 Å². The number of carboxylic acids is 1. The maximum atomic E-state index is 11.4. The summed E-state index contributed by atoms with van der Waals surface area (Å²) in [7, 11) is 0. The number of hydrogen-bond acceptors (Lipinski definition) is 4. The monoisotopic (exact) mass is 257 g/mol. The van der Waals surface area contributed by atoms with Gasteiger partial charge in [-0.15, -0.1) is 6.58 Å². The lowest BCUT2D eigenvalue weighted by Gasteiger charge is -2.18. The molecule has 104 valence electrons. The predicted octanol–water partition coefficient (Wildman–Crippen LogP) is 1.68. The summed E-state index contributed by atoms with van der Waals surface area (Å²) in [6.07, 6.45) is 3.31. The van der Waals surface area contributed by atoms with Crippen molar-refractivity contribution in [1.29, 1.82) is 0 Å². The van der Waals surface area contributed by atoms with Gasteiger partial charge in [0.25, 0.3) is 0 Å². The van der Waals surface area contributed by atoms with Crippen molar-refractivity contribution in [2.45, 2.75) is 39.2 Å². The van der Waals surface area contributed by atoms with Gasteiger partial charge in [0.05, 0.1) is 12.6 Å². The minimum atomic E-state index is -0.876. The van der Waals surface area contributed by atoms with E-state index in [-0.39, 0.29) is 18.6 Å². The van der Waals surface area contributed by atoms with Crippen LogP contribution in [0.25, 0.3) is 0 Å². The quantitative estimate of drug-likeness (QED) is 0.476. The maximum Gasteiger partial charge on any atom is 0.317 e. The first-order valence-corrected chi connectivity index (χ1v) is 6.24. The maximum absolute atomic E-state index is 11.4. The molecule has 1 unspecified atom stereocenters. The van der Waals surface area contributed by atoms with Gasteiger partial charge in [-0.2, -0.15) is 0 Å². The first-order valence-electron chi connectivity index (χ1n) is 6.24. The van der Waals surface area contributed by atoms with Crippen molar-refractivity contribution in [2.24, 2.45) is 0 Å². The number of ether oxygens (including phenoxy) is 1. The van der Waals surface area contributed by atoms with E-state index in [9.17, 15) is 9.59 Å². The SMILES string of the molecule is C=CCN(CCCC(=O)OC(C)CC)CC(=O)O. The smallest absolute Gasteiger partial charge is 0.317 e. The number of esters is 1. The molecule has 0 radical (unpaired) electrons. The number of nitrogens with zero attached hydrogens (tertiary/aromatic N) is 1. The molecule has 0 aliphatic rings. The standard InChI is InChI=1S/C13H23NO4/c1-4-8-14(10-12(15)16)9-6-7-13(17)18-11(3)5-2/h4,11H,1,5-10H2,2-3H3,(H,15,16). The van der Waals surface area contributed by atoms with E-state index < -0.39 is 5.97 Å². The highest BCUT2D eigenvalue weighted by Crippen LogP contribution is 2.02. The molecule has 0 aliphatic carbocycles. The predicted molar refractivity (Wildman–Crippen MR) is 69.4 cm³/mol. The second-order valence-corrected chi connectivity index (χ2v) is 4.23. The Hall–Kier alpha value is -1.36. The van der Waals surface area contributed by atoms with E-state index in [2.05, 4.69) is 6.58 Å². The van der Waals surface area contributed by atoms with E-state index in [1.807, 2.05) is 13.8 Å². The molecule has 0 amide bonds. The van der Waals surface area contributed by atoms with Gasteiger partial charge in [-0.05, 0) is 26.3 Å². The van der Waals surface area contributed by atoms with Gasteiger partial charge in [-0.1, -0.05) is 13.0 Å². The molecular weight excluding hydrogens is 234 g/mol. The van der Waals surface area contributed by atoms with Crippen molar-refractivity contribution < 1.29 is 19.4 Å². The summed E-state index contributed by atoms with van der Waals surface area (Å²) in [5.41, 5.74) is 0. The first-order chi connectivity index (χ1) is 8.49. The lowest BCUT2D eigenvalue weighted by Crippen LogP contribution is -2.31. The molecule has 0 heterocycles. The molecular formula is C13H23NO4. The second-order valence-electron chi connectivity index (χ2n) is 4.23. The van der Waals surface area contributed by atoms with Gasteiger partial charge in [-0.3, -0.25) is 14.5 Å². The fourth-order valence-corrected chi connectivity index (χ4v) is 1.42. The Bertz CT molecular complexity index is 278. The van der Waals surface area contributed by atoms with Gasteiger partial charge in [-0.25, -0.2) is 0 Å². The second kappa shape index (κ2) is 9.65. The number of carbonyl (C=O) groups excluding carboxylic acids is 1. The number of aliphatic carboxylic acids is 1. The number of carbonyl (C=O) groups is 2. The van der Waals surface area contributed by atoms with Crippen molar-refractivity contribution in [3.8, 4) is 0 Å². The fourth-order valence-electron chi connectivity index (χ4n) is 1.42. The van der Waals surface area contributed by atoms with E-state index in [1.54, 1.807) is 11.0 Å². The molecule has 5 nitrogen and oxygen atoms in total. The Kier molecular flexibility index (Phi) is 8.92. The van der Waals surface area contributed by atoms with Crippen LogP contribution >= 0.6 is 0 Å². The minimum Gasteiger partial charge on any atom is -0.480 e. The summed E-state index contributed by atoms with van der Waals surface area (Å²) >= 11 is 0. The molecule has 0 fully saturated rings. The van der Waals surface area contributed by atoms with Gasteiger partial charge in [0, 0.05) is 13.0 Å². The molecule has 0 aromatic carbocycles. The summed E-state index contributed by atoms with van der Waals surface area (Å²) in [4.78, 5) is 23.7. The molecule has 1 N–H and O–H groups in total. The van der Waals surface area contributed by atoms with E-state index in [0.29, 0.717) is 25.9 Å². The molecule has 0 bridgehead atoms. The van der Waals surface area contributed by atoms with Crippen molar-refractivity contribution in [3.05, 3.63) is 12.7 Å². The topological polar surface area (TPSA) is 66.8 Å². The van der Waals surface area contributed by atoms with Crippen molar-refractivity contribution in [1.82, 2.24) is 4.90 Å². The zero-order valence-corrected chi connectivity index (χ0v) is 11.2. The molecule has 0 aromatic rings. The molecule has 0 saturated carbocycles. The lowest BCUT2D eigenvalue weighted by atomic mass is 10.2. The van der Waals surface area contributed by atoms with Crippen LogP contribution in [0, 0.1) is 0 Å². The summed E-state index contributed by atoms with van der Waals surface area (Å²) in [5, 5.41) is 8.70. The molecule has 0 aliphatic heterocycles. The van der Waals surface area contributed by atoms with E-state index in [4.69, 9.17) is 9.84 Å². The van der Waals surface area contributed by atoms with Gasteiger partial charge < -0.3 is 9.84 Å². The normalized spacial score (nSPS) is 12.2. The van der Waals surface area contributed by atoms with Crippen molar-refractivity contribution in [3.63, 3.8) is 0 Å². The minimum absolute atomic E-state index is 0.0353. The highest BCUT2D eigenvalue weighted by molar-refractivity contribution is 5.70.